The molecule has 1 amide bonds. The number of ether oxygens (including phenoxy) is 1. The Kier molecular flexibility index (Phi) is 4.53. The van der Waals surface area contributed by atoms with Crippen LogP contribution < -0.4 is 10.6 Å². The summed E-state index contributed by atoms with van der Waals surface area (Å²) >= 11 is 0. The number of hydrogen-bond donors (Lipinski definition) is 2. The van der Waals surface area contributed by atoms with E-state index in [-0.39, 0.29) is 5.69 Å². The van der Waals surface area contributed by atoms with E-state index in [0.29, 0.717) is 25.9 Å². The zero-order valence-electron chi connectivity index (χ0n) is 11.6. The van der Waals surface area contributed by atoms with E-state index in [1.165, 1.54) is 19.2 Å². The van der Waals surface area contributed by atoms with Gasteiger partial charge in [-0.3, -0.25) is 4.79 Å². The Bertz CT molecular complexity index is 511. The van der Waals surface area contributed by atoms with Crippen LogP contribution in [0.1, 0.15) is 18.4 Å². The summed E-state index contributed by atoms with van der Waals surface area (Å²) in [7, 11) is 1.44. The van der Waals surface area contributed by atoms with Crippen LogP contribution in [0.4, 0.5) is 18.9 Å². The number of alkyl halides is 3. The summed E-state index contributed by atoms with van der Waals surface area (Å²) in [6.07, 6.45) is -3.48. The van der Waals surface area contributed by atoms with E-state index in [4.69, 9.17) is 4.74 Å². The number of benzene rings is 1. The zero-order chi connectivity index (χ0) is 15.5. The number of nitrogens with one attached hydrogen (secondary N) is 2. The lowest BCUT2D eigenvalue weighted by Crippen LogP contribution is -2.51. The molecule has 0 radical (unpaired) electrons. The van der Waals surface area contributed by atoms with Crippen molar-refractivity contribution in [3.63, 3.8) is 0 Å². The molecule has 1 aromatic carbocycles. The molecule has 4 nitrogen and oxygen atoms in total. The first-order valence-corrected chi connectivity index (χ1v) is 6.62. The smallest absolute Gasteiger partial charge is 0.368 e. The third-order valence-corrected chi connectivity index (χ3v) is 3.66. The van der Waals surface area contributed by atoms with Gasteiger partial charge in [0.25, 0.3) is 5.91 Å². The maximum Gasteiger partial charge on any atom is 0.416 e. The summed E-state index contributed by atoms with van der Waals surface area (Å²) < 4.78 is 43.3. The van der Waals surface area contributed by atoms with Crippen molar-refractivity contribution in [2.75, 3.05) is 25.5 Å². The van der Waals surface area contributed by atoms with E-state index < -0.39 is 23.2 Å². The van der Waals surface area contributed by atoms with Gasteiger partial charge < -0.3 is 15.4 Å². The fraction of sp³-hybridized carbons (Fsp3) is 0.500. The summed E-state index contributed by atoms with van der Waals surface area (Å²) in [5, 5.41) is 5.64. The van der Waals surface area contributed by atoms with Crippen molar-refractivity contribution >= 4 is 11.6 Å². The van der Waals surface area contributed by atoms with Crippen LogP contribution >= 0.6 is 0 Å². The molecule has 1 fully saturated rings. The van der Waals surface area contributed by atoms with Gasteiger partial charge >= 0.3 is 6.18 Å². The first-order chi connectivity index (χ1) is 9.87. The van der Waals surface area contributed by atoms with Crippen LogP contribution in [-0.4, -0.2) is 31.7 Å². The van der Waals surface area contributed by atoms with E-state index >= 15 is 0 Å². The minimum atomic E-state index is -4.44. The lowest BCUT2D eigenvalue weighted by atomic mass is 9.91. The van der Waals surface area contributed by atoms with Crippen molar-refractivity contribution in [1.82, 2.24) is 5.32 Å². The average molecular weight is 302 g/mol. The van der Waals surface area contributed by atoms with Gasteiger partial charge in [0.2, 0.25) is 0 Å². The number of anilines is 1. The highest BCUT2D eigenvalue weighted by atomic mass is 19.4. The fourth-order valence-electron chi connectivity index (χ4n) is 2.37. The Morgan fingerprint density at radius 1 is 1.33 bits per heavy atom. The number of carbonyl (C=O) groups excluding carboxylic acids is 1. The second-order valence-electron chi connectivity index (χ2n) is 4.98. The van der Waals surface area contributed by atoms with Gasteiger partial charge in [-0.2, -0.15) is 13.2 Å². The number of halogens is 3. The van der Waals surface area contributed by atoms with Crippen molar-refractivity contribution < 1.29 is 22.7 Å². The molecule has 2 rings (SSSR count). The topological polar surface area (TPSA) is 50.4 Å². The number of methoxy groups -OCH3 is 1. The van der Waals surface area contributed by atoms with Gasteiger partial charge in [0, 0.05) is 12.8 Å². The van der Waals surface area contributed by atoms with E-state index in [0.717, 1.165) is 12.1 Å². The van der Waals surface area contributed by atoms with E-state index in [1.54, 1.807) is 0 Å². The summed E-state index contributed by atoms with van der Waals surface area (Å²) in [5.74, 6) is -0.411. The quantitative estimate of drug-likeness (QED) is 0.901. The number of rotatable bonds is 3. The second kappa shape index (κ2) is 6.03. The largest absolute Gasteiger partial charge is 0.416 e. The molecule has 1 heterocycles. The van der Waals surface area contributed by atoms with Crippen LogP contribution in [0.15, 0.2) is 24.3 Å². The molecule has 0 atom stereocenters. The van der Waals surface area contributed by atoms with Crippen molar-refractivity contribution in [1.29, 1.82) is 0 Å². The average Bonchev–Trinajstić information content (AvgIpc) is 2.47. The molecule has 1 aliphatic heterocycles. The normalized spacial score (nSPS) is 18.3. The molecule has 1 aliphatic rings. The first-order valence-electron chi connectivity index (χ1n) is 6.62. The van der Waals surface area contributed by atoms with E-state index in [9.17, 15) is 18.0 Å². The maximum absolute atomic E-state index is 12.7. The molecule has 7 heteroatoms. The molecule has 0 aromatic heterocycles. The predicted octanol–water partition coefficient (Wildman–Crippen LogP) is 2.41. The Hall–Kier alpha value is -1.60. The van der Waals surface area contributed by atoms with Gasteiger partial charge in [-0.25, -0.2) is 0 Å². The molecule has 1 aromatic rings. The van der Waals surface area contributed by atoms with Crippen LogP contribution in [0.5, 0.6) is 0 Å². The SMILES string of the molecule is COC1(C(=O)Nc2cccc(C(F)(F)F)c2)CCNCC1. The number of amides is 1. The molecule has 21 heavy (non-hydrogen) atoms. The predicted molar refractivity (Wildman–Crippen MR) is 71.9 cm³/mol. The van der Waals surface area contributed by atoms with Gasteiger partial charge in [0.1, 0.15) is 5.60 Å². The zero-order valence-corrected chi connectivity index (χ0v) is 11.6. The minimum Gasteiger partial charge on any atom is -0.368 e. The minimum absolute atomic E-state index is 0.116. The van der Waals surface area contributed by atoms with Gasteiger partial charge in [0.05, 0.1) is 5.56 Å². The number of carbonyl (C=O) groups is 1. The summed E-state index contributed by atoms with van der Waals surface area (Å²) in [6.45, 7) is 1.26. The van der Waals surface area contributed by atoms with Gasteiger partial charge in [-0.05, 0) is 44.1 Å². The second-order valence-corrected chi connectivity index (χ2v) is 4.98. The van der Waals surface area contributed by atoms with E-state index in [2.05, 4.69) is 10.6 Å². The van der Waals surface area contributed by atoms with Crippen molar-refractivity contribution in [3.05, 3.63) is 29.8 Å². The highest BCUT2D eigenvalue weighted by Gasteiger charge is 2.40. The van der Waals surface area contributed by atoms with Gasteiger partial charge in [-0.1, -0.05) is 6.07 Å². The van der Waals surface area contributed by atoms with Crippen molar-refractivity contribution in [2.45, 2.75) is 24.6 Å². The lowest BCUT2D eigenvalue weighted by Gasteiger charge is -2.34. The van der Waals surface area contributed by atoms with Crippen LogP contribution in [0.25, 0.3) is 0 Å². The van der Waals surface area contributed by atoms with Gasteiger partial charge in [-0.15, -0.1) is 0 Å². The summed E-state index contributed by atoms with van der Waals surface area (Å²) in [5.41, 5.74) is -1.67. The Balaban J connectivity index is 2.15. The Morgan fingerprint density at radius 2 is 2.00 bits per heavy atom. The summed E-state index contributed by atoms with van der Waals surface area (Å²) in [6, 6.07) is 4.58. The number of piperidine rings is 1. The molecular formula is C14H17F3N2O2. The van der Waals surface area contributed by atoms with Crippen LogP contribution in [0.2, 0.25) is 0 Å². The highest BCUT2D eigenvalue weighted by Crippen LogP contribution is 2.31. The van der Waals surface area contributed by atoms with Crippen LogP contribution in [-0.2, 0) is 15.7 Å². The fourth-order valence-corrected chi connectivity index (χ4v) is 2.37. The molecular weight excluding hydrogens is 285 g/mol. The monoisotopic (exact) mass is 302 g/mol. The standard InChI is InChI=1S/C14H17F3N2O2/c1-21-13(5-7-18-8-6-13)12(20)19-11-4-2-3-10(9-11)14(15,16)17/h2-4,9,18H,5-8H2,1H3,(H,19,20). The van der Waals surface area contributed by atoms with Crippen LogP contribution in [0, 0.1) is 0 Å². The van der Waals surface area contributed by atoms with E-state index in [1.807, 2.05) is 0 Å². The Morgan fingerprint density at radius 3 is 2.57 bits per heavy atom. The molecule has 0 unspecified atom stereocenters. The first kappa shape index (κ1) is 15.8. The number of hydrogen-bond acceptors (Lipinski definition) is 3. The molecule has 0 spiro atoms. The molecule has 2 N–H and O–H groups in total. The Labute approximate surface area is 120 Å². The molecule has 0 bridgehead atoms. The highest BCUT2D eigenvalue weighted by molar-refractivity contribution is 5.97. The third-order valence-electron chi connectivity index (χ3n) is 3.66. The van der Waals surface area contributed by atoms with Crippen molar-refractivity contribution in [2.24, 2.45) is 0 Å². The molecule has 0 saturated carbocycles. The molecule has 116 valence electrons. The lowest BCUT2D eigenvalue weighted by molar-refractivity contribution is -0.141. The maximum atomic E-state index is 12.7. The third kappa shape index (κ3) is 3.54. The molecule has 0 aliphatic carbocycles. The molecule has 1 saturated heterocycles. The van der Waals surface area contributed by atoms with Crippen LogP contribution in [0.3, 0.4) is 0 Å². The van der Waals surface area contributed by atoms with Gasteiger partial charge in [0.15, 0.2) is 0 Å². The summed E-state index contributed by atoms with van der Waals surface area (Å²) in [4.78, 5) is 12.3. The van der Waals surface area contributed by atoms with Crippen molar-refractivity contribution in [3.8, 4) is 0 Å².